The van der Waals surface area contributed by atoms with E-state index in [2.05, 4.69) is 59.2 Å². The summed E-state index contributed by atoms with van der Waals surface area (Å²) in [5, 5.41) is 13.8. The maximum absolute atomic E-state index is 12.9. The number of amides is 1. The summed E-state index contributed by atoms with van der Waals surface area (Å²) in [7, 11) is 4.28. The van der Waals surface area contributed by atoms with Crippen molar-refractivity contribution in [3.63, 3.8) is 0 Å². The molecule has 1 aromatic heterocycles. The second-order valence-corrected chi connectivity index (χ2v) is 9.97. The lowest BCUT2D eigenvalue weighted by atomic mass is 9.80. The minimum absolute atomic E-state index is 0.0734. The third-order valence-corrected chi connectivity index (χ3v) is 7.04. The van der Waals surface area contributed by atoms with Gasteiger partial charge in [-0.3, -0.25) is 19.4 Å². The summed E-state index contributed by atoms with van der Waals surface area (Å²) in [5.41, 5.74) is 0.717. The second kappa shape index (κ2) is 14.4. The third kappa shape index (κ3) is 8.34. The highest BCUT2D eigenvalue weighted by molar-refractivity contribution is 7.99. The van der Waals surface area contributed by atoms with Crippen LogP contribution in [-0.2, 0) is 9.59 Å². The van der Waals surface area contributed by atoms with Crippen molar-refractivity contribution in [1.82, 2.24) is 19.7 Å². The second-order valence-electron chi connectivity index (χ2n) is 8.81. The summed E-state index contributed by atoms with van der Waals surface area (Å²) in [6.45, 7) is 5.43. The van der Waals surface area contributed by atoms with Crippen molar-refractivity contribution in [3.8, 4) is 0 Å². The van der Waals surface area contributed by atoms with E-state index in [0.29, 0.717) is 11.6 Å². The lowest BCUT2D eigenvalue weighted by Crippen LogP contribution is -2.43. The molecule has 2 N–H and O–H groups in total. The van der Waals surface area contributed by atoms with Gasteiger partial charge in [-0.25, -0.2) is 0 Å². The first-order valence-electron chi connectivity index (χ1n) is 11.3. The van der Waals surface area contributed by atoms with Crippen molar-refractivity contribution in [1.29, 1.82) is 0 Å². The SMILES string of the molecule is CN(C)C[C@]12CN(CCSc3ccccc3)C[C@H]1CN(C(=O)c1ccccn1)C2.O=CO.O=CO. The van der Waals surface area contributed by atoms with Crippen molar-refractivity contribution < 1.29 is 24.6 Å². The lowest BCUT2D eigenvalue weighted by Gasteiger charge is -2.32. The Bertz CT molecular complexity index is 913. The Balaban J connectivity index is 0.000000655. The molecule has 3 heterocycles. The first kappa shape index (κ1) is 28.3. The van der Waals surface area contributed by atoms with Gasteiger partial charge in [0, 0.05) is 61.5 Å². The van der Waals surface area contributed by atoms with E-state index in [1.807, 2.05) is 34.9 Å². The Morgan fingerprint density at radius 2 is 1.74 bits per heavy atom. The highest BCUT2D eigenvalue weighted by Crippen LogP contribution is 2.43. The fourth-order valence-electron chi connectivity index (χ4n) is 4.93. The Hall–Kier alpha value is -2.95. The number of fused-ring (bicyclic) bond motifs is 1. The van der Waals surface area contributed by atoms with E-state index in [4.69, 9.17) is 19.8 Å². The van der Waals surface area contributed by atoms with Crippen LogP contribution in [-0.4, -0.2) is 108 Å². The number of carbonyl (C=O) groups is 3. The van der Waals surface area contributed by atoms with Crippen LogP contribution in [0.15, 0.2) is 59.6 Å². The molecular weight excluding hydrogens is 468 g/mol. The molecule has 35 heavy (non-hydrogen) atoms. The molecule has 2 fully saturated rings. The molecule has 2 aliphatic rings. The first-order chi connectivity index (χ1) is 16.9. The number of carboxylic acid groups (broad SMARTS) is 2. The molecule has 2 atom stereocenters. The molecule has 1 amide bonds. The molecular formula is C25H34N4O5S. The van der Waals surface area contributed by atoms with Crippen molar-refractivity contribution in [3.05, 3.63) is 60.4 Å². The number of carbonyl (C=O) groups excluding carboxylic acids is 1. The summed E-state index contributed by atoms with van der Waals surface area (Å²) >= 11 is 1.93. The number of likely N-dealkylation sites (tertiary alicyclic amines) is 2. The molecule has 190 valence electrons. The van der Waals surface area contributed by atoms with Crippen LogP contribution in [0.25, 0.3) is 0 Å². The number of hydrogen-bond acceptors (Lipinski definition) is 7. The molecule has 10 heteroatoms. The largest absolute Gasteiger partial charge is 0.483 e. The highest BCUT2D eigenvalue weighted by atomic mass is 32.2. The number of hydrogen-bond donors (Lipinski definition) is 2. The van der Waals surface area contributed by atoms with Gasteiger partial charge < -0.3 is 24.9 Å². The maximum Gasteiger partial charge on any atom is 0.290 e. The molecule has 0 spiro atoms. The van der Waals surface area contributed by atoms with Gasteiger partial charge in [0.15, 0.2) is 0 Å². The molecule has 0 aliphatic carbocycles. The number of pyridine rings is 1. The fourth-order valence-corrected chi connectivity index (χ4v) is 5.86. The smallest absolute Gasteiger partial charge is 0.290 e. The van der Waals surface area contributed by atoms with Gasteiger partial charge in [-0.1, -0.05) is 24.3 Å². The van der Waals surface area contributed by atoms with E-state index in [9.17, 15) is 4.79 Å². The Morgan fingerprint density at radius 1 is 1.09 bits per heavy atom. The molecule has 1 aromatic carbocycles. The van der Waals surface area contributed by atoms with Gasteiger partial charge in [-0.15, -0.1) is 11.8 Å². The van der Waals surface area contributed by atoms with Gasteiger partial charge in [0.2, 0.25) is 0 Å². The zero-order valence-corrected chi connectivity index (χ0v) is 21.0. The molecule has 4 rings (SSSR count). The molecule has 0 radical (unpaired) electrons. The van der Waals surface area contributed by atoms with Crippen LogP contribution in [0.1, 0.15) is 10.5 Å². The first-order valence-corrected chi connectivity index (χ1v) is 12.3. The topological polar surface area (TPSA) is 114 Å². The van der Waals surface area contributed by atoms with Crippen molar-refractivity contribution in [2.45, 2.75) is 4.90 Å². The van der Waals surface area contributed by atoms with Crippen LogP contribution in [0.4, 0.5) is 0 Å². The molecule has 0 bridgehead atoms. The number of benzene rings is 1. The van der Waals surface area contributed by atoms with Gasteiger partial charge >= 0.3 is 0 Å². The van der Waals surface area contributed by atoms with Crippen LogP contribution >= 0.6 is 11.8 Å². The van der Waals surface area contributed by atoms with Crippen LogP contribution < -0.4 is 0 Å². The summed E-state index contributed by atoms with van der Waals surface area (Å²) in [6, 6.07) is 16.2. The maximum atomic E-state index is 12.9. The number of thioether (sulfide) groups is 1. The summed E-state index contributed by atoms with van der Waals surface area (Å²) in [5.74, 6) is 1.70. The number of nitrogens with zero attached hydrogens (tertiary/aromatic N) is 4. The summed E-state index contributed by atoms with van der Waals surface area (Å²) in [4.78, 5) is 42.2. The lowest BCUT2D eigenvalue weighted by molar-refractivity contribution is -0.123. The molecule has 9 nitrogen and oxygen atoms in total. The molecule has 0 unspecified atom stereocenters. The Morgan fingerprint density at radius 3 is 2.34 bits per heavy atom. The van der Waals surface area contributed by atoms with E-state index >= 15 is 0 Å². The van der Waals surface area contributed by atoms with Crippen LogP contribution in [0, 0.1) is 11.3 Å². The van der Waals surface area contributed by atoms with Gasteiger partial charge in [0.25, 0.3) is 18.9 Å². The normalized spacial score (nSPS) is 20.8. The Labute approximate surface area is 210 Å². The minimum Gasteiger partial charge on any atom is -0.483 e. The highest BCUT2D eigenvalue weighted by Gasteiger charge is 2.53. The van der Waals surface area contributed by atoms with Crippen LogP contribution in [0.2, 0.25) is 0 Å². The van der Waals surface area contributed by atoms with Crippen LogP contribution in [0.5, 0.6) is 0 Å². The third-order valence-electron chi connectivity index (χ3n) is 6.05. The predicted molar refractivity (Wildman–Crippen MR) is 136 cm³/mol. The minimum atomic E-state index is -0.250. The zero-order valence-electron chi connectivity index (χ0n) is 20.2. The number of aromatic nitrogens is 1. The van der Waals surface area contributed by atoms with E-state index in [1.54, 1.807) is 6.20 Å². The average molecular weight is 503 g/mol. The van der Waals surface area contributed by atoms with Gasteiger partial charge in [-0.05, 0) is 44.3 Å². The standard InChI is InChI=1S/C23H30N4OS.2CH2O2/c1-25(2)16-23-17-26(12-13-29-20-8-4-3-5-9-20)14-19(23)15-27(18-23)22(28)21-10-6-7-11-24-21;2*2-1-3/h3-11,19H,12-18H2,1-2H3;2*1H,(H,2,3)/t19-,23+;;/m0../s1. The van der Waals surface area contributed by atoms with E-state index in [-0.39, 0.29) is 24.3 Å². The molecule has 2 saturated heterocycles. The Kier molecular flexibility index (Phi) is 11.7. The average Bonchev–Trinajstić information content (AvgIpc) is 3.33. The fraction of sp³-hybridized carbons (Fsp3) is 0.440. The van der Waals surface area contributed by atoms with Crippen molar-refractivity contribution >= 4 is 30.6 Å². The van der Waals surface area contributed by atoms with E-state index < -0.39 is 0 Å². The van der Waals surface area contributed by atoms with Gasteiger partial charge in [0.1, 0.15) is 5.69 Å². The summed E-state index contributed by atoms with van der Waals surface area (Å²) in [6.07, 6.45) is 1.70. The molecule has 2 aromatic rings. The quantitative estimate of drug-likeness (QED) is 0.434. The zero-order chi connectivity index (χ0) is 25.7. The van der Waals surface area contributed by atoms with E-state index in [0.717, 1.165) is 45.0 Å². The molecule has 2 aliphatic heterocycles. The van der Waals surface area contributed by atoms with Gasteiger partial charge in [0.05, 0.1) is 0 Å². The monoisotopic (exact) mass is 502 g/mol. The van der Waals surface area contributed by atoms with Crippen molar-refractivity contribution in [2.75, 3.05) is 59.1 Å². The van der Waals surface area contributed by atoms with Crippen molar-refractivity contribution in [2.24, 2.45) is 11.3 Å². The van der Waals surface area contributed by atoms with E-state index in [1.165, 1.54) is 4.90 Å². The van der Waals surface area contributed by atoms with Crippen LogP contribution in [0.3, 0.4) is 0 Å². The van der Waals surface area contributed by atoms with Gasteiger partial charge in [-0.2, -0.15) is 0 Å². The molecule has 0 saturated carbocycles. The summed E-state index contributed by atoms with van der Waals surface area (Å²) < 4.78 is 0. The predicted octanol–water partition coefficient (Wildman–Crippen LogP) is 2.21. The number of rotatable bonds is 7.